The lowest BCUT2D eigenvalue weighted by Crippen LogP contribution is -2.48. The topological polar surface area (TPSA) is 103 Å². The second-order valence-corrected chi connectivity index (χ2v) is 5.30. The van der Waals surface area contributed by atoms with Crippen molar-refractivity contribution in [2.75, 3.05) is 18.4 Å². The molecule has 0 saturated heterocycles. The number of aromatic nitrogens is 1. The largest absolute Gasteiger partial charge is 0.336 e. The molecule has 3 N–H and O–H groups in total. The Kier molecular flexibility index (Phi) is 6.67. The third kappa shape index (κ3) is 4.79. The zero-order valence-electron chi connectivity index (χ0n) is 14.7. The average Bonchev–Trinajstić information content (AvgIpc) is 2.68. The van der Waals surface area contributed by atoms with Crippen molar-refractivity contribution in [3.8, 4) is 0 Å². The number of hydrogen-bond donors (Lipinski definition) is 3. The summed E-state index contributed by atoms with van der Waals surface area (Å²) in [5.41, 5.74) is 5.65. The van der Waals surface area contributed by atoms with E-state index in [0.717, 1.165) is 0 Å². The molecule has 0 unspecified atom stereocenters. The number of benzene rings is 1. The van der Waals surface area contributed by atoms with Gasteiger partial charge in [0.2, 0.25) is 0 Å². The van der Waals surface area contributed by atoms with Crippen molar-refractivity contribution in [1.29, 1.82) is 0 Å². The van der Waals surface area contributed by atoms with Gasteiger partial charge < -0.3 is 10.2 Å². The van der Waals surface area contributed by atoms with Crippen LogP contribution in [0.5, 0.6) is 0 Å². The van der Waals surface area contributed by atoms with E-state index in [-0.39, 0.29) is 11.5 Å². The van der Waals surface area contributed by atoms with Gasteiger partial charge in [-0.15, -0.1) is 0 Å². The minimum atomic E-state index is -0.535. The van der Waals surface area contributed by atoms with Crippen LogP contribution in [0.15, 0.2) is 48.8 Å². The Morgan fingerprint density at radius 1 is 0.962 bits per heavy atom. The maximum absolute atomic E-state index is 12.4. The van der Waals surface area contributed by atoms with Gasteiger partial charge in [0.1, 0.15) is 0 Å². The smallest absolute Gasteiger partial charge is 0.324 e. The van der Waals surface area contributed by atoms with Gasteiger partial charge in [-0.3, -0.25) is 20.0 Å². The van der Waals surface area contributed by atoms with Gasteiger partial charge in [0.05, 0.1) is 16.8 Å². The van der Waals surface area contributed by atoms with Crippen LogP contribution in [-0.2, 0) is 0 Å². The first-order valence-electron chi connectivity index (χ1n) is 8.22. The molecule has 2 rings (SSSR count). The second-order valence-electron chi connectivity index (χ2n) is 5.30. The van der Waals surface area contributed by atoms with Crippen LogP contribution in [-0.4, -0.2) is 40.8 Å². The molecule has 0 saturated carbocycles. The molecule has 0 aliphatic carbocycles. The number of pyridine rings is 1. The maximum Gasteiger partial charge on any atom is 0.336 e. The van der Waals surface area contributed by atoms with Crippen molar-refractivity contribution < 1.29 is 14.4 Å². The monoisotopic (exact) mass is 355 g/mol. The summed E-state index contributed by atoms with van der Waals surface area (Å²) in [6, 6.07) is 9.39. The third-order valence-electron chi connectivity index (χ3n) is 3.68. The van der Waals surface area contributed by atoms with Gasteiger partial charge in [-0.25, -0.2) is 10.2 Å². The van der Waals surface area contributed by atoms with Crippen molar-refractivity contribution in [3.63, 3.8) is 0 Å². The predicted molar refractivity (Wildman–Crippen MR) is 97.6 cm³/mol. The van der Waals surface area contributed by atoms with Crippen LogP contribution < -0.4 is 16.2 Å². The standard InChI is InChI=1S/C18H21N5O3/c1-3-23(4-2)18(26)22-21-17(25)14-9-5-6-10-15(14)20-16(24)13-8-7-11-19-12-13/h5-12H,3-4H2,1-2H3,(H,20,24)(H,21,25)(H,22,26). The van der Waals surface area contributed by atoms with Gasteiger partial charge in [-0.1, -0.05) is 12.1 Å². The first-order valence-corrected chi connectivity index (χ1v) is 8.22. The van der Waals surface area contributed by atoms with Crippen LogP contribution in [0.25, 0.3) is 0 Å². The lowest BCUT2D eigenvalue weighted by molar-refractivity contribution is 0.0931. The first-order chi connectivity index (χ1) is 12.6. The number of carbonyl (C=O) groups is 3. The van der Waals surface area contributed by atoms with Crippen LogP contribution in [0, 0.1) is 0 Å². The Bertz CT molecular complexity index is 775. The Hall–Kier alpha value is -3.42. The molecule has 0 aliphatic rings. The van der Waals surface area contributed by atoms with E-state index < -0.39 is 11.9 Å². The van der Waals surface area contributed by atoms with Crippen LogP contribution in [0.3, 0.4) is 0 Å². The molecule has 1 aromatic heterocycles. The fraction of sp³-hybridized carbons (Fsp3) is 0.222. The zero-order chi connectivity index (χ0) is 18.9. The Balaban J connectivity index is 2.07. The highest BCUT2D eigenvalue weighted by Crippen LogP contribution is 2.16. The van der Waals surface area contributed by atoms with Crippen LogP contribution in [0.4, 0.5) is 10.5 Å². The highest BCUT2D eigenvalue weighted by atomic mass is 16.2. The molecular weight excluding hydrogens is 334 g/mol. The van der Waals surface area contributed by atoms with Gasteiger partial charge in [0.15, 0.2) is 0 Å². The number of para-hydroxylation sites is 1. The highest BCUT2D eigenvalue weighted by Gasteiger charge is 2.16. The van der Waals surface area contributed by atoms with Crippen molar-refractivity contribution in [3.05, 3.63) is 59.9 Å². The van der Waals surface area contributed by atoms with Crippen molar-refractivity contribution in [2.45, 2.75) is 13.8 Å². The predicted octanol–water partition coefficient (Wildman–Crippen LogP) is 2.03. The van der Waals surface area contributed by atoms with Crippen molar-refractivity contribution in [1.82, 2.24) is 20.7 Å². The molecule has 8 heteroatoms. The van der Waals surface area contributed by atoms with Crippen LogP contribution >= 0.6 is 0 Å². The van der Waals surface area contributed by atoms with E-state index in [9.17, 15) is 14.4 Å². The summed E-state index contributed by atoms with van der Waals surface area (Å²) < 4.78 is 0. The highest BCUT2D eigenvalue weighted by molar-refractivity contribution is 6.09. The molecule has 0 aliphatic heterocycles. The summed E-state index contributed by atoms with van der Waals surface area (Å²) in [6.45, 7) is 4.73. The molecule has 0 spiro atoms. The Morgan fingerprint density at radius 3 is 2.35 bits per heavy atom. The zero-order valence-corrected chi connectivity index (χ0v) is 14.7. The number of hydrogen-bond acceptors (Lipinski definition) is 4. The Labute approximate surface area is 151 Å². The minimum absolute atomic E-state index is 0.226. The number of anilines is 1. The summed E-state index contributed by atoms with van der Waals surface area (Å²) in [6.07, 6.45) is 3.00. The molecule has 0 bridgehead atoms. The van der Waals surface area contributed by atoms with Gasteiger partial charge >= 0.3 is 6.03 Å². The Morgan fingerprint density at radius 2 is 1.69 bits per heavy atom. The first kappa shape index (κ1) is 18.9. The summed E-state index contributed by atoms with van der Waals surface area (Å²) in [4.78, 5) is 42.0. The molecule has 2 aromatic rings. The minimum Gasteiger partial charge on any atom is -0.324 e. The molecule has 0 atom stereocenters. The number of nitrogens with one attached hydrogen (secondary N) is 3. The van der Waals surface area contributed by atoms with Crippen molar-refractivity contribution >= 4 is 23.5 Å². The van der Waals surface area contributed by atoms with E-state index >= 15 is 0 Å². The molecule has 136 valence electrons. The van der Waals surface area contributed by atoms with Crippen LogP contribution in [0.2, 0.25) is 0 Å². The fourth-order valence-electron chi connectivity index (χ4n) is 2.25. The van der Waals surface area contributed by atoms with E-state index in [1.807, 2.05) is 13.8 Å². The second kappa shape index (κ2) is 9.16. The molecule has 1 aromatic carbocycles. The van der Waals surface area contributed by atoms with Gasteiger partial charge in [-0.2, -0.15) is 0 Å². The average molecular weight is 355 g/mol. The van der Waals surface area contributed by atoms with Gasteiger partial charge in [0.25, 0.3) is 11.8 Å². The fourth-order valence-corrected chi connectivity index (χ4v) is 2.25. The lowest BCUT2D eigenvalue weighted by Gasteiger charge is -2.19. The summed E-state index contributed by atoms with van der Waals surface area (Å²) in [5.74, 6) is -0.918. The summed E-state index contributed by atoms with van der Waals surface area (Å²) in [5, 5.41) is 2.68. The number of hydrazine groups is 1. The van der Waals surface area contributed by atoms with E-state index in [2.05, 4.69) is 21.2 Å². The molecule has 8 nitrogen and oxygen atoms in total. The van der Waals surface area contributed by atoms with Crippen LogP contribution in [0.1, 0.15) is 34.6 Å². The van der Waals surface area contributed by atoms with Gasteiger partial charge in [-0.05, 0) is 38.1 Å². The SMILES string of the molecule is CCN(CC)C(=O)NNC(=O)c1ccccc1NC(=O)c1cccnc1. The number of amides is 4. The maximum atomic E-state index is 12.4. The quantitative estimate of drug-likeness (QED) is 0.714. The molecule has 1 heterocycles. The number of carbonyl (C=O) groups excluding carboxylic acids is 3. The molecule has 0 fully saturated rings. The normalized spacial score (nSPS) is 9.92. The summed E-state index contributed by atoms with van der Waals surface area (Å²) in [7, 11) is 0. The van der Waals surface area contributed by atoms with Gasteiger partial charge in [0, 0.05) is 25.5 Å². The van der Waals surface area contributed by atoms with E-state index in [1.165, 1.54) is 11.1 Å². The molecule has 0 radical (unpaired) electrons. The molecule has 26 heavy (non-hydrogen) atoms. The van der Waals surface area contributed by atoms with E-state index in [0.29, 0.717) is 24.3 Å². The number of rotatable bonds is 5. The lowest BCUT2D eigenvalue weighted by atomic mass is 10.1. The molecular formula is C18H21N5O3. The number of nitrogens with zero attached hydrogens (tertiary/aromatic N) is 2. The van der Waals surface area contributed by atoms with E-state index in [1.54, 1.807) is 42.6 Å². The summed E-state index contributed by atoms with van der Waals surface area (Å²) >= 11 is 0. The molecule has 4 amide bonds. The number of urea groups is 1. The third-order valence-corrected chi connectivity index (χ3v) is 3.68. The van der Waals surface area contributed by atoms with Crippen molar-refractivity contribution in [2.24, 2.45) is 0 Å². The van der Waals surface area contributed by atoms with E-state index in [4.69, 9.17) is 0 Å².